The molecular formula is C31H37FN4O5. The minimum Gasteiger partial charge on any atom is -0.444 e. The molecule has 0 saturated carbocycles. The zero-order valence-corrected chi connectivity index (χ0v) is 24.0. The Morgan fingerprint density at radius 3 is 2.61 bits per heavy atom. The molecule has 1 heterocycles. The molecule has 4 rings (SSSR count). The number of carbonyl (C=O) groups is 3. The van der Waals surface area contributed by atoms with Gasteiger partial charge in [-0.3, -0.25) is 9.59 Å². The van der Waals surface area contributed by atoms with E-state index >= 15 is 4.39 Å². The van der Waals surface area contributed by atoms with E-state index in [9.17, 15) is 19.6 Å². The van der Waals surface area contributed by atoms with Gasteiger partial charge in [-0.1, -0.05) is 18.2 Å². The maximum absolute atomic E-state index is 15.3. The molecule has 41 heavy (non-hydrogen) atoms. The zero-order chi connectivity index (χ0) is 29.7. The first-order valence-corrected chi connectivity index (χ1v) is 14.0. The van der Waals surface area contributed by atoms with Crippen molar-refractivity contribution in [1.82, 2.24) is 10.2 Å². The number of rotatable bonds is 6. The molecule has 2 atom stereocenters. The molecule has 3 amide bonds. The summed E-state index contributed by atoms with van der Waals surface area (Å²) in [6, 6.07) is 9.69. The molecule has 2 aliphatic rings. The molecule has 0 spiro atoms. The van der Waals surface area contributed by atoms with Gasteiger partial charge in [-0.25, -0.2) is 9.18 Å². The van der Waals surface area contributed by atoms with Gasteiger partial charge in [-0.05, 0) is 86.4 Å². The predicted molar refractivity (Wildman–Crippen MR) is 152 cm³/mol. The second kappa shape index (κ2) is 12.7. The number of hydrogen-bond donors (Lipinski definition) is 2. The van der Waals surface area contributed by atoms with Crippen molar-refractivity contribution in [1.29, 1.82) is 5.26 Å². The Morgan fingerprint density at radius 1 is 1.17 bits per heavy atom. The number of nitrogens with zero attached hydrogens (tertiary/aromatic N) is 2. The fraction of sp³-hybridized carbons (Fsp3) is 0.484. The maximum Gasteiger partial charge on any atom is 0.410 e. The lowest BCUT2D eigenvalue weighted by Gasteiger charge is -2.27. The van der Waals surface area contributed by atoms with Gasteiger partial charge in [0, 0.05) is 32.2 Å². The number of benzene rings is 2. The van der Waals surface area contributed by atoms with Gasteiger partial charge < -0.3 is 25.0 Å². The molecule has 218 valence electrons. The van der Waals surface area contributed by atoms with E-state index in [1.165, 1.54) is 17.9 Å². The molecule has 1 aliphatic carbocycles. The van der Waals surface area contributed by atoms with Crippen LogP contribution in [-0.2, 0) is 38.3 Å². The Morgan fingerprint density at radius 2 is 1.93 bits per heavy atom. The number of carbonyl (C=O) groups excluding carboxylic acids is 3. The first kappa shape index (κ1) is 30.0. The summed E-state index contributed by atoms with van der Waals surface area (Å²) < 4.78 is 26.4. The Balaban J connectivity index is 1.44. The maximum atomic E-state index is 15.3. The number of amides is 3. The van der Waals surface area contributed by atoms with Gasteiger partial charge in [-0.15, -0.1) is 0 Å². The van der Waals surface area contributed by atoms with Crippen LogP contribution in [-0.4, -0.2) is 60.3 Å². The third-order valence-corrected chi connectivity index (χ3v) is 7.08. The van der Waals surface area contributed by atoms with Crippen LogP contribution in [0.3, 0.4) is 0 Å². The van der Waals surface area contributed by atoms with Crippen LogP contribution in [0.5, 0.6) is 0 Å². The highest BCUT2D eigenvalue weighted by Gasteiger charge is 2.31. The van der Waals surface area contributed by atoms with E-state index in [0.29, 0.717) is 24.1 Å². The van der Waals surface area contributed by atoms with E-state index in [-0.39, 0.29) is 25.5 Å². The van der Waals surface area contributed by atoms with E-state index in [4.69, 9.17) is 9.47 Å². The van der Waals surface area contributed by atoms with Crippen LogP contribution in [0.25, 0.3) is 11.1 Å². The lowest BCUT2D eigenvalue weighted by molar-refractivity contribution is -0.133. The van der Waals surface area contributed by atoms with E-state index in [1.807, 2.05) is 24.3 Å². The minimum atomic E-state index is -0.995. The minimum absolute atomic E-state index is 0.00694. The number of halogens is 1. The molecule has 9 nitrogen and oxygen atoms in total. The SMILES string of the molecule is CC(=O)Nc1ccc(-c2ccc(C[C@@H](C#N)NC(=O)[C@@H]3CN(C(=O)OC(C)(C)C)CCCO3)c(F)c2)c2c1CCC2. The first-order valence-electron chi connectivity index (χ1n) is 14.0. The van der Waals surface area contributed by atoms with Crippen molar-refractivity contribution in [2.45, 2.75) is 77.5 Å². The van der Waals surface area contributed by atoms with Crippen molar-refractivity contribution < 1.29 is 28.2 Å². The van der Waals surface area contributed by atoms with E-state index < -0.39 is 35.6 Å². The Labute approximate surface area is 240 Å². The van der Waals surface area contributed by atoms with Crippen LogP contribution in [0.2, 0.25) is 0 Å². The molecule has 1 aliphatic heterocycles. The van der Waals surface area contributed by atoms with Gasteiger partial charge in [0.1, 0.15) is 17.5 Å². The fourth-order valence-electron chi connectivity index (χ4n) is 5.25. The van der Waals surface area contributed by atoms with Crippen molar-refractivity contribution in [3.05, 3.63) is 52.8 Å². The lowest BCUT2D eigenvalue weighted by Crippen LogP contribution is -2.48. The van der Waals surface area contributed by atoms with Crippen LogP contribution in [0, 0.1) is 17.1 Å². The topological polar surface area (TPSA) is 121 Å². The summed E-state index contributed by atoms with van der Waals surface area (Å²) in [5.74, 6) is -1.15. The number of hydrogen-bond acceptors (Lipinski definition) is 6. The van der Waals surface area contributed by atoms with Crippen LogP contribution in [0.15, 0.2) is 30.3 Å². The summed E-state index contributed by atoms with van der Waals surface area (Å²) in [5.41, 5.74) is 4.24. The van der Waals surface area contributed by atoms with Crippen LogP contribution < -0.4 is 10.6 Å². The Kier molecular flexibility index (Phi) is 9.28. The van der Waals surface area contributed by atoms with Gasteiger partial charge >= 0.3 is 6.09 Å². The summed E-state index contributed by atoms with van der Waals surface area (Å²) in [6.07, 6.45) is 1.66. The number of ether oxygens (including phenoxy) is 2. The van der Waals surface area contributed by atoms with Crippen molar-refractivity contribution in [3.63, 3.8) is 0 Å². The fourth-order valence-corrected chi connectivity index (χ4v) is 5.25. The highest BCUT2D eigenvalue weighted by Crippen LogP contribution is 2.37. The standard InChI is InChI=1S/C31H37FN4O5/c1-19(37)34-27-12-11-23(24-7-5-8-25(24)27)20-9-10-21(26(32)16-20)15-22(17-33)35-29(38)28-18-36(13-6-14-40-28)30(39)41-31(2,3)4/h9-12,16,22,28H,5-8,13-15,18H2,1-4H3,(H,34,37)(H,35,38)/t22-,28-/m0/s1. The van der Waals surface area contributed by atoms with Crippen molar-refractivity contribution in [2.75, 3.05) is 25.0 Å². The van der Waals surface area contributed by atoms with Crippen LogP contribution >= 0.6 is 0 Å². The Bertz CT molecular complexity index is 1360. The highest BCUT2D eigenvalue weighted by atomic mass is 19.1. The van der Waals surface area contributed by atoms with Gasteiger partial charge in [-0.2, -0.15) is 5.26 Å². The molecular weight excluding hydrogens is 527 g/mol. The van der Waals surface area contributed by atoms with Gasteiger partial charge in [0.2, 0.25) is 5.91 Å². The van der Waals surface area contributed by atoms with Crippen molar-refractivity contribution >= 4 is 23.6 Å². The normalized spacial score (nSPS) is 17.6. The third-order valence-electron chi connectivity index (χ3n) is 7.08. The molecule has 2 aromatic rings. The zero-order valence-electron chi connectivity index (χ0n) is 24.0. The van der Waals surface area contributed by atoms with Crippen LogP contribution in [0.4, 0.5) is 14.9 Å². The molecule has 1 saturated heterocycles. The third kappa shape index (κ3) is 7.61. The van der Waals surface area contributed by atoms with Crippen LogP contribution in [0.1, 0.15) is 57.2 Å². The second-order valence-corrected chi connectivity index (χ2v) is 11.5. The molecule has 2 aromatic carbocycles. The van der Waals surface area contributed by atoms with E-state index in [1.54, 1.807) is 26.8 Å². The predicted octanol–water partition coefficient (Wildman–Crippen LogP) is 4.52. The summed E-state index contributed by atoms with van der Waals surface area (Å²) in [7, 11) is 0. The van der Waals surface area contributed by atoms with Gasteiger partial charge in [0.15, 0.2) is 6.10 Å². The summed E-state index contributed by atoms with van der Waals surface area (Å²) >= 11 is 0. The average Bonchev–Trinajstić information content (AvgIpc) is 3.26. The molecule has 0 aromatic heterocycles. The summed E-state index contributed by atoms with van der Waals surface area (Å²) in [4.78, 5) is 38.6. The number of anilines is 1. The van der Waals surface area contributed by atoms with E-state index in [2.05, 4.69) is 10.6 Å². The van der Waals surface area contributed by atoms with Crippen molar-refractivity contribution in [3.8, 4) is 17.2 Å². The average molecular weight is 565 g/mol. The first-order chi connectivity index (χ1) is 19.4. The number of nitriles is 1. The quantitative estimate of drug-likeness (QED) is 0.533. The number of nitrogens with one attached hydrogen (secondary N) is 2. The van der Waals surface area contributed by atoms with Gasteiger partial charge in [0.25, 0.3) is 5.91 Å². The number of fused-ring (bicyclic) bond motifs is 1. The second-order valence-electron chi connectivity index (χ2n) is 11.5. The smallest absolute Gasteiger partial charge is 0.410 e. The van der Waals surface area contributed by atoms with Crippen molar-refractivity contribution in [2.24, 2.45) is 0 Å². The van der Waals surface area contributed by atoms with Gasteiger partial charge in [0.05, 0.1) is 12.6 Å². The molecule has 10 heteroatoms. The Hall–Kier alpha value is -3.97. The molecule has 0 radical (unpaired) electrons. The van der Waals surface area contributed by atoms with E-state index in [0.717, 1.165) is 41.6 Å². The molecule has 0 unspecified atom stereocenters. The summed E-state index contributed by atoms with van der Waals surface area (Å²) in [6.45, 7) is 7.43. The highest BCUT2D eigenvalue weighted by molar-refractivity contribution is 5.91. The summed E-state index contributed by atoms with van der Waals surface area (Å²) in [5, 5.41) is 15.3. The molecule has 0 bridgehead atoms. The molecule has 1 fully saturated rings. The monoisotopic (exact) mass is 564 g/mol. The lowest BCUT2D eigenvalue weighted by atomic mass is 9.94. The molecule has 2 N–H and O–H groups in total. The largest absolute Gasteiger partial charge is 0.444 e.